The van der Waals surface area contributed by atoms with Crippen molar-refractivity contribution < 1.29 is 9.90 Å². The number of nitrogens with one attached hydrogen (secondary N) is 1. The Morgan fingerprint density at radius 2 is 2.21 bits per heavy atom. The first-order valence-electron chi connectivity index (χ1n) is 5.07. The average Bonchev–Trinajstić information content (AvgIpc) is 2.18. The van der Waals surface area contributed by atoms with Gasteiger partial charge in [0.2, 0.25) is 0 Å². The normalized spacial score (nSPS) is 20.6. The van der Waals surface area contributed by atoms with Crippen LogP contribution in [0.2, 0.25) is 0 Å². The maximum Gasteiger partial charge on any atom is 0.317 e. The third-order valence-electron chi connectivity index (χ3n) is 2.48. The molecule has 4 N–H and O–H groups in total. The van der Waals surface area contributed by atoms with Crippen molar-refractivity contribution in [3.63, 3.8) is 0 Å². The van der Waals surface area contributed by atoms with E-state index in [0.29, 0.717) is 32.5 Å². The molecule has 1 rings (SSSR count). The summed E-state index contributed by atoms with van der Waals surface area (Å²) in [6.45, 7) is 3.58. The number of aliphatic hydroxyl groups excluding tert-OH is 1. The van der Waals surface area contributed by atoms with E-state index in [9.17, 15) is 9.90 Å². The van der Waals surface area contributed by atoms with E-state index in [4.69, 9.17) is 5.73 Å². The number of aliphatic hydroxyl groups is 1. The number of carbonyl (C=O) groups excluding carboxylic acids is 1. The monoisotopic (exact) mass is 201 g/mol. The molecular formula is C9H19N3O2. The third-order valence-corrected chi connectivity index (χ3v) is 2.48. The van der Waals surface area contributed by atoms with Gasteiger partial charge in [-0.05, 0) is 19.8 Å². The van der Waals surface area contributed by atoms with E-state index >= 15 is 0 Å². The molecule has 1 aliphatic rings. The predicted octanol–water partition coefficient (Wildman–Crippen LogP) is -0.500. The maximum absolute atomic E-state index is 11.6. The van der Waals surface area contributed by atoms with Crippen molar-refractivity contribution >= 4 is 6.03 Å². The van der Waals surface area contributed by atoms with Crippen LogP contribution in [0.1, 0.15) is 19.8 Å². The van der Waals surface area contributed by atoms with E-state index in [1.807, 2.05) is 6.92 Å². The van der Waals surface area contributed by atoms with Crippen LogP contribution in [0, 0.1) is 0 Å². The molecule has 0 bridgehead atoms. The fraction of sp³-hybridized carbons (Fsp3) is 0.889. The van der Waals surface area contributed by atoms with Crippen LogP contribution >= 0.6 is 0 Å². The van der Waals surface area contributed by atoms with Crippen LogP contribution in [0.4, 0.5) is 4.79 Å². The van der Waals surface area contributed by atoms with Crippen molar-refractivity contribution in [2.45, 2.75) is 31.9 Å². The quantitative estimate of drug-likeness (QED) is 0.563. The van der Waals surface area contributed by atoms with Crippen LogP contribution in [-0.4, -0.2) is 47.8 Å². The topological polar surface area (TPSA) is 78.6 Å². The summed E-state index contributed by atoms with van der Waals surface area (Å²) >= 11 is 0. The Balaban J connectivity index is 2.30. The zero-order chi connectivity index (χ0) is 10.6. The Labute approximate surface area is 84.3 Å². The van der Waals surface area contributed by atoms with Crippen molar-refractivity contribution in [2.75, 3.05) is 19.6 Å². The van der Waals surface area contributed by atoms with Gasteiger partial charge in [-0.15, -0.1) is 0 Å². The van der Waals surface area contributed by atoms with Gasteiger partial charge in [-0.2, -0.15) is 0 Å². The van der Waals surface area contributed by atoms with Gasteiger partial charge in [0, 0.05) is 25.7 Å². The first-order valence-corrected chi connectivity index (χ1v) is 5.07. The number of hydrogen-bond donors (Lipinski definition) is 3. The minimum absolute atomic E-state index is 0.00866. The largest absolute Gasteiger partial charge is 0.393 e. The van der Waals surface area contributed by atoms with Crippen LogP contribution in [0.25, 0.3) is 0 Å². The van der Waals surface area contributed by atoms with Gasteiger partial charge in [-0.25, -0.2) is 4.79 Å². The molecule has 14 heavy (non-hydrogen) atoms. The van der Waals surface area contributed by atoms with Crippen molar-refractivity contribution in [2.24, 2.45) is 5.73 Å². The van der Waals surface area contributed by atoms with Crippen molar-refractivity contribution in [3.8, 4) is 0 Å². The molecule has 1 fully saturated rings. The summed E-state index contributed by atoms with van der Waals surface area (Å²) < 4.78 is 0. The van der Waals surface area contributed by atoms with Gasteiger partial charge in [0.15, 0.2) is 0 Å². The van der Waals surface area contributed by atoms with Gasteiger partial charge in [-0.1, -0.05) is 0 Å². The highest BCUT2D eigenvalue weighted by atomic mass is 16.3. The summed E-state index contributed by atoms with van der Waals surface area (Å²) in [5.41, 5.74) is 5.40. The Morgan fingerprint density at radius 1 is 1.64 bits per heavy atom. The van der Waals surface area contributed by atoms with E-state index in [0.717, 1.165) is 0 Å². The Morgan fingerprint density at radius 3 is 2.71 bits per heavy atom. The predicted molar refractivity (Wildman–Crippen MR) is 53.9 cm³/mol. The Bertz CT molecular complexity index is 190. The fourth-order valence-corrected chi connectivity index (χ4v) is 1.43. The van der Waals surface area contributed by atoms with Gasteiger partial charge in [0.05, 0.1) is 6.10 Å². The van der Waals surface area contributed by atoms with Crippen LogP contribution in [0.15, 0.2) is 0 Å². The zero-order valence-corrected chi connectivity index (χ0v) is 8.57. The van der Waals surface area contributed by atoms with Crippen LogP contribution in [0.3, 0.4) is 0 Å². The molecule has 0 radical (unpaired) electrons. The highest BCUT2D eigenvalue weighted by molar-refractivity contribution is 5.74. The first kappa shape index (κ1) is 11.3. The van der Waals surface area contributed by atoms with Crippen molar-refractivity contribution in [1.82, 2.24) is 10.2 Å². The molecule has 0 aromatic carbocycles. The summed E-state index contributed by atoms with van der Waals surface area (Å²) in [4.78, 5) is 13.3. The lowest BCUT2D eigenvalue weighted by molar-refractivity contribution is 0.0931. The molecule has 1 saturated heterocycles. The van der Waals surface area contributed by atoms with E-state index in [2.05, 4.69) is 5.32 Å². The minimum atomic E-state index is -0.244. The molecule has 1 aliphatic heterocycles. The van der Waals surface area contributed by atoms with Gasteiger partial charge >= 0.3 is 6.03 Å². The van der Waals surface area contributed by atoms with Gasteiger partial charge < -0.3 is 21.1 Å². The highest BCUT2D eigenvalue weighted by Gasteiger charge is 2.21. The lowest BCUT2D eigenvalue weighted by Gasteiger charge is -2.30. The molecule has 5 nitrogen and oxygen atoms in total. The number of likely N-dealkylation sites (tertiary alicyclic amines) is 1. The second-order valence-corrected chi connectivity index (χ2v) is 3.80. The number of rotatable bonds is 2. The lowest BCUT2D eigenvalue weighted by Crippen LogP contribution is -2.49. The second kappa shape index (κ2) is 5.17. The number of nitrogens with zero attached hydrogens (tertiary/aromatic N) is 1. The van der Waals surface area contributed by atoms with Crippen LogP contribution in [-0.2, 0) is 0 Å². The standard InChI is InChI=1S/C9H19N3O2/c1-7(6-10)11-9(14)12-4-2-8(13)3-5-12/h7-8,13H,2-6,10H2,1H3,(H,11,14). The third kappa shape index (κ3) is 3.16. The van der Waals surface area contributed by atoms with Crippen molar-refractivity contribution in [1.29, 1.82) is 0 Å². The number of urea groups is 1. The number of nitrogens with two attached hydrogens (primary N) is 1. The molecule has 0 saturated carbocycles. The molecule has 1 heterocycles. The molecule has 1 atom stereocenters. The number of hydrogen-bond acceptors (Lipinski definition) is 3. The van der Waals surface area contributed by atoms with E-state index in [1.54, 1.807) is 4.90 Å². The summed E-state index contributed by atoms with van der Waals surface area (Å²) in [5, 5.41) is 12.1. The van der Waals surface area contributed by atoms with Crippen LogP contribution in [0.5, 0.6) is 0 Å². The number of amides is 2. The first-order chi connectivity index (χ1) is 6.63. The molecule has 0 aromatic heterocycles. The van der Waals surface area contributed by atoms with E-state index < -0.39 is 0 Å². The summed E-state index contributed by atoms with van der Waals surface area (Å²) in [7, 11) is 0. The Kier molecular flexibility index (Phi) is 4.16. The van der Waals surface area contributed by atoms with Crippen molar-refractivity contribution in [3.05, 3.63) is 0 Å². The lowest BCUT2D eigenvalue weighted by atomic mass is 10.1. The molecule has 0 aromatic rings. The zero-order valence-electron chi connectivity index (χ0n) is 8.57. The molecule has 1 unspecified atom stereocenters. The average molecular weight is 201 g/mol. The Hall–Kier alpha value is -0.810. The SMILES string of the molecule is CC(CN)NC(=O)N1CCC(O)CC1. The van der Waals surface area contributed by atoms with Gasteiger partial charge in [0.25, 0.3) is 0 Å². The molecule has 82 valence electrons. The smallest absolute Gasteiger partial charge is 0.317 e. The molecular weight excluding hydrogens is 182 g/mol. The second-order valence-electron chi connectivity index (χ2n) is 3.80. The highest BCUT2D eigenvalue weighted by Crippen LogP contribution is 2.09. The number of piperidine rings is 1. The minimum Gasteiger partial charge on any atom is -0.393 e. The fourth-order valence-electron chi connectivity index (χ4n) is 1.43. The molecule has 0 aliphatic carbocycles. The summed E-state index contributed by atoms with van der Waals surface area (Å²) in [5.74, 6) is 0. The van der Waals surface area contributed by atoms with E-state index in [1.165, 1.54) is 0 Å². The number of carbonyl (C=O) groups is 1. The summed E-state index contributed by atoms with van der Waals surface area (Å²) in [6.07, 6.45) is 1.10. The van der Waals surface area contributed by atoms with Gasteiger partial charge in [-0.3, -0.25) is 0 Å². The summed E-state index contributed by atoms with van der Waals surface area (Å²) in [6, 6.07) is -0.0656. The molecule has 5 heteroatoms. The molecule has 0 spiro atoms. The van der Waals surface area contributed by atoms with Gasteiger partial charge in [0.1, 0.15) is 0 Å². The van der Waals surface area contributed by atoms with E-state index in [-0.39, 0.29) is 18.2 Å². The van der Waals surface area contributed by atoms with Crippen LogP contribution < -0.4 is 11.1 Å². The maximum atomic E-state index is 11.6. The molecule has 2 amide bonds.